The van der Waals surface area contributed by atoms with Gasteiger partial charge in [0.2, 0.25) is 59.1 Å². The summed E-state index contributed by atoms with van der Waals surface area (Å²) in [6.07, 6.45) is 11.6. The number of amides is 6. The van der Waals surface area contributed by atoms with Gasteiger partial charge >= 0.3 is 0 Å². The maximum absolute atomic E-state index is 14.4. The van der Waals surface area contributed by atoms with Gasteiger partial charge in [0, 0.05) is 124 Å². The number of halogens is 4. The van der Waals surface area contributed by atoms with Crippen molar-refractivity contribution in [3.63, 3.8) is 0 Å². The highest BCUT2D eigenvalue weighted by molar-refractivity contribution is 6.34. The number of hydrogen-bond donors (Lipinski definition) is 10. The molecule has 6 amide bonds. The van der Waals surface area contributed by atoms with Crippen LogP contribution in [0.2, 0.25) is 5.02 Å². The number of carbonyl (C=O) groups is 6. The van der Waals surface area contributed by atoms with E-state index in [0.717, 1.165) is 67.1 Å². The van der Waals surface area contributed by atoms with Gasteiger partial charge in [-0.05, 0) is 182 Å². The lowest BCUT2D eigenvalue weighted by atomic mass is 10.2. The Kier molecular flexibility index (Phi) is 38.9. The first kappa shape index (κ1) is 101. The number of morpholine rings is 1. The molecule has 0 bridgehead atoms. The number of carbonyl (C=O) groups excluding carboxylic acids is 6. The summed E-state index contributed by atoms with van der Waals surface area (Å²) in [6.45, 7) is 20.1. The van der Waals surface area contributed by atoms with E-state index in [1.807, 2.05) is 47.4 Å². The highest BCUT2D eigenvalue weighted by atomic mass is 35.5. The third-order valence-electron chi connectivity index (χ3n) is 19.3. The number of likely N-dealkylation sites (N-methyl/N-ethyl adjacent to an activating group) is 1. The summed E-state index contributed by atoms with van der Waals surface area (Å²) < 4.78 is 86.4. The summed E-state index contributed by atoms with van der Waals surface area (Å²) in [4.78, 5) is 108. The van der Waals surface area contributed by atoms with Crippen molar-refractivity contribution in [3.8, 4) is 40.7 Å². The Balaban J connectivity index is 0.000000177. The average Bonchev–Trinajstić information content (AvgIpc) is 0.904. The van der Waals surface area contributed by atoms with Crippen LogP contribution in [0.1, 0.15) is 30.4 Å². The molecule has 14 rings (SSSR count). The smallest absolute Gasteiger partial charge is 0.260 e. The molecule has 40 heteroatoms. The highest BCUT2D eigenvalue weighted by Crippen LogP contribution is 2.33. The second-order valence-electron chi connectivity index (χ2n) is 29.4. The lowest BCUT2D eigenvalue weighted by molar-refractivity contribution is -0.137. The van der Waals surface area contributed by atoms with Gasteiger partial charge in [-0.1, -0.05) is 74.3 Å². The quantitative estimate of drug-likeness (QED) is 0.0126. The molecule has 2 saturated heterocycles. The molecule has 0 spiro atoms. The number of nitrogens with zero attached hydrogens (tertiary/aromatic N) is 12. The molecule has 0 saturated carbocycles. The molecule has 12 aromatic rings. The van der Waals surface area contributed by atoms with E-state index >= 15 is 0 Å². The monoisotopic (exact) mass is 1900 g/mol. The van der Waals surface area contributed by atoms with Crippen molar-refractivity contribution in [2.45, 2.75) is 25.8 Å². The van der Waals surface area contributed by atoms with Crippen LogP contribution in [0.4, 0.5) is 111 Å². The summed E-state index contributed by atoms with van der Waals surface area (Å²) in [7, 11) is 4.91. The van der Waals surface area contributed by atoms with Crippen LogP contribution in [0.25, 0.3) is 0 Å². The molecule has 2 fully saturated rings. The summed E-state index contributed by atoms with van der Waals surface area (Å²) in [5.74, 6) is 0.585. The third kappa shape index (κ3) is 33.0. The van der Waals surface area contributed by atoms with Crippen LogP contribution in [-0.2, 0) is 49.5 Å². The minimum Gasteiger partial charge on any atom is -0.493 e. The van der Waals surface area contributed by atoms with Crippen LogP contribution in [0.15, 0.2) is 263 Å². The zero-order valence-electron chi connectivity index (χ0n) is 75.3. The van der Waals surface area contributed by atoms with Gasteiger partial charge in [-0.3, -0.25) is 28.8 Å². The van der Waals surface area contributed by atoms with Crippen molar-refractivity contribution in [1.82, 2.24) is 54.6 Å². The number of nitriles is 1. The summed E-state index contributed by atoms with van der Waals surface area (Å²) in [5.41, 5.74) is 6.94. The van der Waals surface area contributed by atoms with Gasteiger partial charge in [-0.2, -0.15) is 29.6 Å². The van der Waals surface area contributed by atoms with E-state index < -0.39 is 23.4 Å². The average molecular weight is 1900 g/mol. The fourth-order valence-electron chi connectivity index (χ4n) is 12.5. The van der Waals surface area contributed by atoms with Gasteiger partial charge in [0.25, 0.3) is 11.8 Å². The van der Waals surface area contributed by atoms with E-state index in [9.17, 15) is 47.2 Å². The number of likely N-dealkylation sites (tertiary alicyclic amines) is 1. The lowest BCUT2D eigenvalue weighted by Gasteiger charge is -2.26. The molecule has 0 radical (unpaired) electrons. The molecular formula is C98H98ClF3N22O14. The van der Waals surface area contributed by atoms with Gasteiger partial charge < -0.3 is 106 Å². The first-order chi connectivity index (χ1) is 67.0. The predicted molar refractivity (Wildman–Crippen MR) is 519 cm³/mol. The summed E-state index contributed by atoms with van der Waals surface area (Å²) in [5, 5.41) is 38.6. The molecule has 8 aromatic carbocycles. The van der Waals surface area contributed by atoms with E-state index in [4.69, 9.17) is 49.5 Å². The Morgan fingerprint density at radius 2 is 0.935 bits per heavy atom. The van der Waals surface area contributed by atoms with Gasteiger partial charge in [-0.15, -0.1) is 0 Å². The Bertz CT molecular complexity index is 6250. The fourth-order valence-corrected chi connectivity index (χ4v) is 12.6. The molecule has 0 unspecified atom stereocenters. The number of nitrogens with one attached hydrogen (secondary N) is 10. The number of aromatic nitrogens is 8. The summed E-state index contributed by atoms with van der Waals surface area (Å²) in [6, 6.07) is 56.2. The van der Waals surface area contributed by atoms with E-state index in [2.05, 4.69) is 125 Å². The van der Waals surface area contributed by atoms with Gasteiger partial charge in [-0.25, -0.2) is 28.7 Å². The predicted octanol–water partition coefficient (Wildman–Crippen LogP) is 17.0. The number of hydrogen-bond acceptors (Lipinski definition) is 30. The third-order valence-corrected chi connectivity index (χ3v) is 19.6. The SMILES string of the molecule is C=CC(=O)N(C)Cc1ccc(Oc2nc(Nc3cccc(OCCCN4CCCC4=O)c3)ncc2F)cc1.C=CC(=O)Nc1cc(Nc2nc(Nc3ccc(OCCOC)cc3)ncc2F)ccc1Cl.C=CC(=O)Nc1cccc(Nc2nc(Nc3ccc(OCCOC)cc3)ncc2C#N)c1.C=CC(=O)Nc1cccc(Nc2nc(Nc3cccc(OCC(=O)N4CCOCC4)c3)ncc2F)c1. The molecule has 36 nitrogen and oxygen atoms in total. The van der Waals surface area contributed by atoms with Gasteiger partial charge in [0.05, 0.1) is 68.5 Å². The van der Waals surface area contributed by atoms with Gasteiger partial charge in [0.15, 0.2) is 35.7 Å². The van der Waals surface area contributed by atoms with Crippen molar-refractivity contribution in [3.05, 3.63) is 297 Å². The topological polar surface area (TPSA) is 433 Å². The fraction of sp³-hybridized carbons (Fsp3) is 0.194. The van der Waals surface area contributed by atoms with Crippen molar-refractivity contribution in [2.24, 2.45) is 0 Å². The zero-order chi connectivity index (χ0) is 97.9. The number of ether oxygens (including phenoxy) is 8. The van der Waals surface area contributed by atoms with E-state index in [1.54, 1.807) is 172 Å². The molecule has 712 valence electrons. The minimum atomic E-state index is -0.704. The Morgan fingerprint density at radius 3 is 1.45 bits per heavy atom. The highest BCUT2D eigenvalue weighted by Gasteiger charge is 2.22. The van der Waals surface area contributed by atoms with Crippen LogP contribution in [0.3, 0.4) is 0 Å². The zero-order valence-corrected chi connectivity index (χ0v) is 76.0. The first-order valence-electron chi connectivity index (χ1n) is 42.7. The lowest BCUT2D eigenvalue weighted by Crippen LogP contribution is -2.42. The standard InChI is InChI=1S/C28H30FN5O4.C25H25FN6O4.C23H22N6O3.C22H21ClFN5O3/c1-3-25(35)33(2)19-20-10-12-22(13-11-20)38-27-24(29)18-30-28(32-27)31-21-7-4-8-23(17-21)37-16-6-15-34-14-5-9-26(34)36;1-2-22(33)28-17-5-3-6-18(13-17)29-24-21(26)15-27-25(31-24)30-19-7-4-8-20(14-19)36-16-23(34)32-9-11-35-12-10-32;1-3-21(30)26-18-5-4-6-19(13-18)27-22-16(14-24)15-25-23(29-22)28-17-7-9-20(10-8-17)32-12-11-31-2;1-3-20(30)28-19-12-15(6-9-17(19)23)26-21-18(24)13-25-22(29-21)27-14-4-7-16(8-5-14)32-11-10-31-2/h3-4,7-8,10-13,17-18H,1,5-6,9,14-16,19H2,2H3,(H,30,31,32);2-8,13-15H,1,9-12,16H2,(H,28,33)(H2,27,29,30,31);3-10,13,15H,1,11-12H2,2H3,(H,26,30)(H2,25,27,28,29);3-9,12-13H,1,10-11H2,2H3,(H,28,30)(H2,25,26,27,29). The van der Waals surface area contributed by atoms with Crippen LogP contribution >= 0.6 is 11.6 Å². The molecule has 2 aliphatic rings. The van der Waals surface area contributed by atoms with Crippen LogP contribution < -0.4 is 76.9 Å². The second kappa shape index (κ2) is 53.0. The molecule has 6 heterocycles. The normalized spacial score (nSPS) is 11.6. The largest absolute Gasteiger partial charge is 0.493 e. The van der Waals surface area contributed by atoms with Crippen LogP contribution in [0, 0.1) is 28.8 Å². The summed E-state index contributed by atoms with van der Waals surface area (Å²) >= 11 is 6.09. The van der Waals surface area contributed by atoms with E-state index in [-0.39, 0.29) is 77.1 Å². The molecule has 0 aliphatic carbocycles. The molecule has 4 aromatic heterocycles. The Morgan fingerprint density at radius 1 is 0.486 bits per heavy atom. The van der Waals surface area contributed by atoms with Crippen molar-refractivity contribution >= 4 is 145 Å². The molecule has 10 N–H and O–H groups in total. The number of rotatable bonds is 41. The van der Waals surface area contributed by atoms with Crippen molar-refractivity contribution in [1.29, 1.82) is 5.26 Å². The van der Waals surface area contributed by atoms with E-state index in [1.165, 1.54) is 23.2 Å². The molecule has 0 atom stereocenters. The van der Waals surface area contributed by atoms with Crippen LogP contribution in [0.5, 0.6) is 34.6 Å². The molecule has 138 heavy (non-hydrogen) atoms. The Hall–Kier alpha value is -17.1. The second-order valence-corrected chi connectivity index (χ2v) is 29.8. The molecule has 2 aliphatic heterocycles. The maximum atomic E-state index is 14.4. The number of benzene rings is 8. The maximum Gasteiger partial charge on any atom is 0.260 e. The first-order valence-corrected chi connectivity index (χ1v) is 43.1. The van der Waals surface area contributed by atoms with Crippen molar-refractivity contribution < 1.29 is 79.8 Å². The molecular weight excluding hydrogens is 1800 g/mol. The minimum absolute atomic E-state index is 0.0506. The van der Waals surface area contributed by atoms with Gasteiger partial charge in [0.1, 0.15) is 53.6 Å². The van der Waals surface area contributed by atoms with E-state index in [0.29, 0.717) is 170 Å². The Labute approximate surface area is 797 Å². The van der Waals surface area contributed by atoms with Crippen molar-refractivity contribution in [2.75, 3.05) is 153 Å². The number of methoxy groups -OCH3 is 2. The number of anilines is 17. The van der Waals surface area contributed by atoms with Crippen LogP contribution in [-0.4, -0.2) is 190 Å².